The molecular weight excluding hydrogens is 322 g/mol. The molecule has 1 fully saturated rings. The maximum Gasteiger partial charge on any atom is 0.133 e. The van der Waals surface area contributed by atoms with E-state index in [9.17, 15) is 0 Å². The van der Waals surface area contributed by atoms with Crippen molar-refractivity contribution in [1.29, 1.82) is 0 Å². The Balaban J connectivity index is 1.92. The van der Waals surface area contributed by atoms with Gasteiger partial charge >= 0.3 is 0 Å². The second kappa shape index (κ2) is 5.20. The van der Waals surface area contributed by atoms with Crippen molar-refractivity contribution < 1.29 is 9.47 Å². The Morgan fingerprint density at radius 2 is 2.30 bits per heavy atom. The second-order valence-electron chi connectivity index (χ2n) is 4.97. The Morgan fingerprint density at radius 3 is 2.85 bits per heavy atom. The molecular formula is C14H16BrN3O2. The summed E-state index contributed by atoms with van der Waals surface area (Å²) in [5.41, 5.74) is 7.70. The molecule has 5 nitrogen and oxygen atoms in total. The van der Waals surface area contributed by atoms with E-state index < -0.39 is 0 Å². The largest absolute Gasteiger partial charge is 0.496 e. The van der Waals surface area contributed by atoms with Crippen molar-refractivity contribution in [3.63, 3.8) is 0 Å². The summed E-state index contributed by atoms with van der Waals surface area (Å²) in [6.45, 7) is 1.79. The quantitative estimate of drug-likeness (QED) is 0.895. The number of rotatable bonds is 4. The van der Waals surface area contributed by atoms with Gasteiger partial charge < -0.3 is 20.2 Å². The van der Waals surface area contributed by atoms with Crippen LogP contribution in [-0.4, -0.2) is 36.8 Å². The number of aromatic nitrogens is 2. The average molecular weight is 338 g/mol. The molecule has 6 heteroatoms. The van der Waals surface area contributed by atoms with Gasteiger partial charge in [-0.15, -0.1) is 0 Å². The molecule has 0 amide bonds. The highest BCUT2D eigenvalue weighted by atomic mass is 79.9. The van der Waals surface area contributed by atoms with Gasteiger partial charge in [0, 0.05) is 12.1 Å². The summed E-state index contributed by atoms with van der Waals surface area (Å²) in [7, 11) is 1.65. The first-order valence-corrected chi connectivity index (χ1v) is 7.15. The Morgan fingerprint density at radius 1 is 1.50 bits per heavy atom. The summed E-state index contributed by atoms with van der Waals surface area (Å²) in [6, 6.07) is 5.92. The molecule has 3 N–H and O–H groups in total. The van der Waals surface area contributed by atoms with Crippen LogP contribution in [0, 0.1) is 0 Å². The van der Waals surface area contributed by atoms with Crippen molar-refractivity contribution in [3.8, 4) is 17.0 Å². The Kier molecular flexibility index (Phi) is 3.54. The van der Waals surface area contributed by atoms with Crippen LogP contribution >= 0.6 is 15.9 Å². The minimum atomic E-state index is -0.151. The summed E-state index contributed by atoms with van der Waals surface area (Å²) >= 11 is 3.49. The number of benzene rings is 1. The van der Waals surface area contributed by atoms with Crippen molar-refractivity contribution in [2.24, 2.45) is 5.73 Å². The molecule has 1 saturated heterocycles. The zero-order chi connectivity index (χ0) is 14.2. The fourth-order valence-electron chi connectivity index (χ4n) is 2.27. The normalized spacial score (nSPS) is 16.8. The lowest BCUT2D eigenvalue weighted by Gasteiger charge is -2.38. The molecule has 0 spiro atoms. The minimum absolute atomic E-state index is 0.151. The molecule has 20 heavy (non-hydrogen) atoms. The topological polar surface area (TPSA) is 73.2 Å². The molecule has 0 atom stereocenters. The van der Waals surface area contributed by atoms with Crippen molar-refractivity contribution >= 4 is 15.9 Å². The lowest BCUT2D eigenvalue weighted by molar-refractivity contribution is -0.0589. The van der Waals surface area contributed by atoms with Gasteiger partial charge in [-0.1, -0.05) is 0 Å². The van der Waals surface area contributed by atoms with E-state index in [0.717, 1.165) is 27.3 Å². The van der Waals surface area contributed by atoms with Crippen LogP contribution in [0.1, 0.15) is 5.82 Å². The van der Waals surface area contributed by atoms with Crippen LogP contribution in [0.15, 0.2) is 28.9 Å². The molecule has 2 aromatic rings. The number of ether oxygens (including phenoxy) is 2. The number of H-pyrrole nitrogens is 1. The molecule has 0 saturated carbocycles. The van der Waals surface area contributed by atoms with E-state index in [4.69, 9.17) is 15.2 Å². The van der Waals surface area contributed by atoms with E-state index in [0.29, 0.717) is 19.8 Å². The predicted molar refractivity (Wildman–Crippen MR) is 79.8 cm³/mol. The SMILES string of the molecule is COc1ccc(-c2cnc(C3(CN)COC3)[nH]2)cc1Br. The first-order valence-electron chi connectivity index (χ1n) is 6.36. The predicted octanol–water partition coefficient (Wildman–Crippen LogP) is 2.07. The maximum absolute atomic E-state index is 5.85. The number of nitrogens with two attached hydrogens (primary N) is 1. The molecule has 106 valence electrons. The lowest BCUT2D eigenvalue weighted by atomic mass is 9.85. The smallest absolute Gasteiger partial charge is 0.133 e. The first kappa shape index (κ1) is 13.6. The highest BCUT2D eigenvalue weighted by Crippen LogP contribution is 2.33. The number of hydrogen-bond donors (Lipinski definition) is 2. The van der Waals surface area contributed by atoms with E-state index in [2.05, 4.69) is 25.9 Å². The van der Waals surface area contributed by atoms with Crippen molar-refractivity contribution in [2.75, 3.05) is 26.9 Å². The van der Waals surface area contributed by atoms with E-state index in [1.807, 2.05) is 24.4 Å². The third kappa shape index (κ3) is 2.13. The maximum atomic E-state index is 5.85. The van der Waals surface area contributed by atoms with Gasteiger partial charge in [-0.3, -0.25) is 0 Å². The monoisotopic (exact) mass is 337 g/mol. The average Bonchev–Trinajstić information content (AvgIpc) is 2.88. The third-order valence-electron chi connectivity index (χ3n) is 3.69. The molecule has 3 rings (SSSR count). The summed E-state index contributed by atoms with van der Waals surface area (Å²) < 4.78 is 11.4. The van der Waals surface area contributed by atoms with Crippen LogP contribution in [0.5, 0.6) is 5.75 Å². The van der Waals surface area contributed by atoms with E-state index in [1.165, 1.54) is 0 Å². The zero-order valence-corrected chi connectivity index (χ0v) is 12.7. The van der Waals surface area contributed by atoms with Crippen molar-refractivity contribution in [2.45, 2.75) is 5.41 Å². The zero-order valence-electron chi connectivity index (χ0n) is 11.1. The number of imidazole rings is 1. The summed E-state index contributed by atoms with van der Waals surface area (Å²) in [5.74, 6) is 1.70. The molecule has 0 radical (unpaired) electrons. The van der Waals surface area contributed by atoms with E-state index >= 15 is 0 Å². The van der Waals surface area contributed by atoms with Gasteiger partial charge in [0.05, 0.1) is 42.1 Å². The first-order chi connectivity index (χ1) is 9.68. The molecule has 1 aromatic heterocycles. The van der Waals surface area contributed by atoms with Gasteiger partial charge in [0.2, 0.25) is 0 Å². The van der Waals surface area contributed by atoms with Crippen LogP contribution in [0.4, 0.5) is 0 Å². The molecule has 0 aliphatic carbocycles. The molecule has 1 aliphatic rings. The molecule has 1 aliphatic heterocycles. The van der Waals surface area contributed by atoms with E-state index in [-0.39, 0.29) is 5.41 Å². The molecule has 0 bridgehead atoms. The lowest BCUT2D eigenvalue weighted by Crippen LogP contribution is -2.52. The van der Waals surface area contributed by atoms with Gasteiger partial charge in [-0.2, -0.15) is 0 Å². The fraction of sp³-hybridized carbons (Fsp3) is 0.357. The summed E-state index contributed by atoms with van der Waals surface area (Å²) in [4.78, 5) is 7.82. The number of nitrogens with zero attached hydrogens (tertiary/aromatic N) is 1. The Labute approximate surface area is 125 Å². The summed E-state index contributed by atoms with van der Waals surface area (Å²) in [6.07, 6.45) is 1.83. The van der Waals surface area contributed by atoms with Crippen molar-refractivity contribution in [1.82, 2.24) is 9.97 Å². The Bertz CT molecular complexity index is 617. The fourth-order valence-corrected chi connectivity index (χ4v) is 2.81. The Hall–Kier alpha value is -1.37. The third-order valence-corrected chi connectivity index (χ3v) is 4.31. The van der Waals surface area contributed by atoms with Gasteiger partial charge in [0.1, 0.15) is 11.6 Å². The van der Waals surface area contributed by atoms with Gasteiger partial charge in [-0.25, -0.2) is 4.98 Å². The van der Waals surface area contributed by atoms with Crippen LogP contribution in [-0.2, 0) is 10.2 Å². The number of aromatic amines is 1. The van der Waals surface area contributed by atoms with Gasteiger partial charge in [0.15, 0.2) is 0 Å². The number of methoxy groups -OCH3 is 1. The molecule has 0 unspecified atom stereocenters. The second-order valence-corrected chi connectivity index (χ2v) is 5.83. The number of hydrogen-bond acceptors (Lipinski definition) is 4. The summed E-state index contributed by atoms with van der Waals surface area (Å²) in [5, 5.41) is 0. The molecule has 2 heterocycles. The standard InChI is InChI=1S/C14H16BrN3O2/c1-19-12-3-2-9(4-10(12)15)11-5-17-13(18-11)14(6-16)7-20-8-14/h2-5H,6-8,16H2,1H3,(H,17,18). The number of nitrogens with one attached hydrogen (secondary N) is 1. The van der Waals surface area contributed by atoms with Crippen LogP contribution in [0.25, 0.3) is 11.3 Å². The van der Waals surface area contributed by atoms with Crippen molar-refractivity contribution in [3.05, 3.63) is 34.7 Å². The molecule has 1 aromatic carbocycles. The number of halogens is 1. The van der Waals surface area contributed by atoms with Gasteiger partial charge in [0.25, 0.3) is 0 Å². The highest BCUT2D eigenvalue weighted by Gasteiger charge is 2.41. The van der Waals surface area contributed by atoms with Gasteiger partial charge in [-0.05, 0) is 34.1 Å². The highest BCUT2D eigenvalue weighted by molar-refractivity contribution is 9.10. The van der Waals surface area contributed by atoms with Crippen LogP contribution in [0.3, 0.4) is 0 Å². The van der Waals surface area contributed by atoms with E-state index in [1.54, 1.807) is 7.11 Å². The minimum Gasteiger partial charge on any atom is -0.496 e. The van der Waals surface area contributed by atoms with Crippen LogP contribution in [0.2, 0.25) is 0 Å². The van der Waals surface area contributed by atoms with Crippen LogP contribution < -0.4 is 10.5 Å².